The number of amides is 2. The van der Waals surface area contributed by atoms with Crippen LogP contribution in [0.4, 0.5) is 14.5 Å². The molecule has 0 spiro atoms. The molecule has 2 aromatic carbocycles. The number of esters is 1. The fraction of sp³-hybridized carbons (Fsp3) is 0.105. The van der Waals surface area contributed by atoms with Crippen molar-refractivity contribution in [2.24, 2.45) is 0 Å². The summed E-state index contributed by atoms with van der Waals surface area (Å²) in [5.74, 6) is -4.04. The second-order valence-electron chi connectivity index (χ2n) is 5.33. The molecule has 27 heavy (non-hydrogen) atoms. The molecule has 0 unspecified atom stereocenters. The lowest BCUT2D eigenvalue weighted by atomic mass is 10.1. The van der Waals surface area contributed by atoms with Gasteiger partial charge in [-0.1, -0.05) is 12.1 Å². The number of ether oxygens (including phenoxy) is 1. The van der Waals surface area contributed by atoms with Crippen LogP contribution in [0.3, 0.4) is 0 Å². The third kappa shape index (κ3) is 4.97. The van der Waals surface area contributed by atoms with E-state index in [-0.39, 0.29) is 11.6 Å². The van der Waals surface area contributed by atoms with E-state index >= 15 is 0 Å². The Kier molecular flexibility index (Phi) is 6.37. The van der Waals surface area contributed by atoms with Gasteiger partial charge in [0.1, 0.15) is 11.6 Å². The van der Waals surface area contributed by atoms with Crippen molar-refractivity contribution >= 4 is 29.5 Å². The first-order chi connectivity index (χ1) is 12.8. The summed E-state index contributed by atoms with van der Waals surface area (Å²) in [7, 11) is 2.57. The first-order valence-electron chi connectivity index (χ1n) is 7.74. The minimum absolute atomic E-state index is 0.239. The molecule has 2 N–H and O–H groups in total. The molecule has 0 aromatic heterocycles. The fourth-order valence-electron chi connectivity index (χ4n) is 2.15. The molecule has 0 bridgehead atoms. The van der Waals surface area contributed by atoms with Gasteiger partial charge in [0.2, 0.25) is 5.91 Å². The zero-order valence-electron chi connectivity index (χ0n) is 14.5. The van der Waals surface area contributed by atoms with Gasteiger partial charge in [-0.15, -0.1) is 0 Å². The summed E-state index contributed by atoms with van der Waals surface area (Å²) in [4.78, 5) is 34.9. The maximum absolute atomic E-state index is 13.8. The predicted octanol–water partition coefficient (Wildman–Crippen LogP) is 2.76. The molecule has 2 amide bonds. The molecule has 0 aliphatic carbocycles. The summed E-state index contributed by atoms with van der Waals surface area (Å²) < 4.78 is 31.8. The van der Waals surface area contributed by atoms with Crippen LogP contribution in [0.15, 0.2) is 42.5 Å². The van der Waals surface area contributed by atoms with Crippen LogP contribution in [0.25, 0.3) is 6.08 Å². The zero-order valence-corrected chi connectivity index (χ0v) is 14.5. The lowest BCUT2D eigenvalue weighted by Crippen LogP contribution is -2.17. The smallest absolute Gasteiger partial charge is 0.340 e. The lowest BCUT2D eigenvalue weighted by Gasteiger charge is -2.07. The minimum atomic E-state index is -1.09. The maximum Gasteiger partial charge on any atom is 0.340 e. The number of rotatable bonds is 5. The summed E-state index contributed by atoms with van der Waals surface area (Å²) in [6.45, 7) is 0. The van der Waals surface area contributed by atoms with E-state index in [2.05, 4.69) is 15.4 Å². The monoisotopic (exact) mass is 374 g/mol. The first-order valence-corrected chi connectivity index (χ1v) is 7.74. The van der Waals surface area contributed by atoms with Crippen LogP contribution in [0.5, 0.6) is 0 Å². The molecule has 0 saturated carbocycles. The van der Waals surface area contributed by atoms with Crippen molar-refractivity contribution in [2.75, 3.05) is 19.5 Å². The second kappa shape index (κ2) is 8.70. The molecule has 2 aromatic rings. The molecule has 0 radical (unpaired) electrons. The number of nitrogens with one attached hydrogen (secondary N) is 2. The largest absolute Gasteiger partial charge is 0.465 e. The average Bonchev–Trinajstić information content (AvgIpc) is 2.67. The third-order valence-corrected chi connectivity index (χ3v) is 3.55. The third-order valence-electron chi connectivity index (χ3n) is 3.55. The first kappa shape index (κ1) is 19.8. The molecule has 0 aliphatic rings. The molecule has 8 heteroatoms. The van der Waals surface area contributed by atoms with Gasteiger partial charge in [0.25, 0.3) is 5.91 Å². The van der Waals surface area contributed by atoms with E-state index in [1.807, 2.05) is 0 Å². The number of anilines is 1. The summed E-state index contributed by atoms with van der Waals surface area (Å²) >= 11 is 0. The predicted molar refractivity (Wildman–Crippen MR) is 95.2 cm³/mol. The van der Waals surface area contributed by atoms with E-state index in [0.29, 0.717) is 17.2 Å². The van der Waals surface area contributed by atoms with Crippen molar-refractivity contribution in [3.8, 4) is 0 Å². The Bertz CT molecular complexity index is 909. The number of carbonyl (C=O) groups excluding carboxylic acids is 3. The summed E-state index contributed by atoms with van der Waals surface area (Å²) in [6.07, 6.45) is 2.58. The van der Waals surface area contributed by atoms with Gasteiger partial charge >= 0.3 is 5.97 Å². The quantitative estimate of drug-likeness (QED) is 0.623. The summed E-state index contributed by atoms with van der Waals surface area (Å²) in [5.41, 5.74) is 0.236. The molecule has 140 valence electrons. The average molecular weight is 374 g/mol. The van der Waals surface area contributed by atoms with Crippen LogP contribution in [0, 0.1) is 11.6 Å². The Labute approximate surface area is 153 Å². The van der Waals surface area contributed by atoms with Gasteiger partial charge in [-0.05, 0) is 29.8 Å². The number of carbonyl (C=O) groups is 3. The van der Waals surface area contributed by atoms with Crippen molar-refractivity contribution in [3.63, 3.8) is 0 Å². The highest BCUT2D eigenvalue weighted by Gasteiger charge is 2.17. The van der Waals surface area contributed by atoms with Crippen molar-refractivity contribution in [2.45, 2.75) is 0 Å². The number of hydrogen-bond donors (Lipinski definition) is 2. The Balaban J connectivity index is 2.12. The SMILES string of the molecule is CNC(=O)c1ccc(C=CC(=O)Nc2cc(C(=O)OC)c(F)cc2F)cc1. The summed E-state index contributed by atoms with van der Waals surface area (Å²) in [6, 6.07) is 7.77. The number of hydrogen-bond acceptors (Lipinski definition) is 4. The number of halogens is 2. The van der Waals surface area contributed by atoms with Crippen LogP contribution in [0.1, 0.15) is 26.3 Å². The molecule has 2 rings (SSSR count). The van der Waals surface area contributed by atoms with E-state index < -0.39 is 29.1 Å². The van der Waals surface area contributed by atoms with Crippen LogP contribution in [0.2, 0.25) is 0 Å². The van der Waals surface area contributed by atoms with E-state index in [1.54, 1.807) is 24.3 Å². The van der Waals surface area contributed by atoms with Crippen LogP contribution < -0.4 is 10.6 Å². The highest BCUT2D eigenvalue weighted by atomic mass is 19.1. The normalized spacial score (nSPS) is 10.5. The van der Waals surface area contributed by atoms with Gasteiger partial charge in [0.05, 0.1) is 18.4 Å². The molecule has 0 heterocycles. The second-order valence-corrected chi connectivity index (χ2v) is 5.33. The van der Waals surface area contributed by atoms with E-state index in [1.165, 1.54) is 13.1 Å². The van der Waals surface area contributed by atoms with Crippen LogP contribution >= 0.6 is 0 Å². The highest BCUT2D eigenvalue weighted by Crippen LogP contribution is 2.20. The molecule has 0 saturated heterocycles. The Hall–Kier alpha value is -3.55. The van der Waals surface area contributed by atoms with Gasteiger partial charge in [-0.3, -0.25) is 9.59 Å². The molecule has 0 atom stereocenters. The van der Waals surface area contributed by atoms with Crippen molar-refractivity contribution < 1.29 is 27.9 Å². The molecule has 0 aliphatic heterocycles. The lowest BCUT2D eigenvalue weighted by molar-refractivity contribution is -0.111. The molecular weight excluding hydrogens is 358 g/mol. The molecular formula is C19H16F2N2O4. The van der Waals surface area contributed by atoms with Gasteiger partial charge in [0.15, 0.2) is 0 Å². The van der Waals surface area contributed by atoms with Crippen molar-refractivity contribution in [1.29, 1.82) is 0 Å². The zero-order chi connectivity index (χ0) is 20.0. The minimum Gasteiger partial charge on any atom is -0.465 e. The van der Waals surface area contributed by atoms with Gasteiger partial charge in [-0.2, -0.15) is 0 Å². The van der Waals surface area contributed by atoms with Gasteiger partial charge in [-0.25, -0.2) is 13.6 Å². The Morgan fingerprint density at radius 3 is 2.30 bits per heavy atom. The number of methoxy groups -OCH3 is 1. The van der Waals surface area contributed by atoms with E-state index in [0.717, 1.165) is 19.3 Å². The van der Waals surface area contributed by atoms with E-state index in [9.17, 15) is 23.2 Å². The highest BCUT2D eigenvalue weighted by molar-refractivity contribution is 6.03. The summed E-state index contributed by atoms with van der Waals surface area (Å²) in [5, 5.41) is 4.71. The topological polar surface area (TPSA) is 84.5 Å². The standard InChI is InChI=1S/C19H16F2N2O4/c1-22-18(25)12-6-3-11(4-7-12)5-8-17(24)23-16-9-13(19(26)27-2)14(20)10-15(16)21/h3-10H,1-2H3,(H,22,25)(H,23,24). The van der Waals surface area contributed by atoms with Gasteiger partial charge in [0, 0.05) is 24.8 Å². The number of benzene rings is 2. The molecule has 0 fully saturated rings. The van der Waals surface area contributed by atoms with Gasteiger partial charge < -0.3 is 15.4 Å². The van der Waals surface area contributed by atoms with Crippen molar-refractivity contribution in [3.05, 3.63) is 70.8 Å². The Morgan fingerprint density at radius 1 is 1.04 bits per heavy atom. The van der Waals surface area contributed by atoms with Crippen LogP contribution in [-0.4, -0.2) is 31.9 Å². The van der Waals surface area contributed by atoms with Crippen molar-refractivity contribution in [1.82, 2.24) is 5.32 Å². The Morgan fingerprint density at radius 2 is 1.70 bits per heavy atom. The fourth-order valence-corrected chi connectivity index (χ4v) is 2.15. The van der Waals surface area contributed by atoms with E-state index in [4.69, 9.17) is 0 Å². The molecule has 6 nitrogen and oxygen atoms in total. The van der Waals surface area contributed by atoms with Crippen LogP contribution in [-0.2, 0) is 9.53 Å². The maximum atomic E-state index is 13.8.